The highest BCUT2D eigenvalue weighted by molar-refractivity contribution is 5.01. The Bertz CT molecular complexity index is 226. The minimum absolute atomic E-state index is 0.534. The Morgan fingerprint density at radius 2 is 1.94 bits per heavy atom. The van der Waals surface area contributed by atoms with Crippen LogP contribution in [0.5, 0.6) is 0 Å². The standard InChI is InChI=1S/C15H27N/c1-4-11-16-12-9-15(10-13-16)8-6-5-7-14(2)3/h14-15H,4,6,8-13H2,1-3H3. The predicted octanol–water partition coefficient (Wildman–Crippen LogP) is 3.55. The number of hydrogen-bond donors (Lipinski definition) is 0. The molecule has 0 amide bonds. The number of piperidine rings is 1. The molecule has 1 fully saturated rings. The van der Waals surface area contributed by atoms with Crippen molar-refractivity contribution in [2.24, 2.45) is 11.8 Å². The molecule has 1 nitrogen and oxygen atoms in total. The molecule has 1 heterocycles. The SMILES string of the molecule is CCCN1CCC(CCC#CC(C)C)CC1. The van der Waals surface area contributed by atoms with Crippen LogP contribution in [0.1, 0.15) is 52.9 Å². The van der Waals surface area contributed by atoms with E-state index in [0.717, 1.165) is 12.3 Å². The second kappa shape index (κ2) is 7.74. The first-order valence-electron chi connectivity index (χ1n) is 6.93. The Morgan fingerprint density at radius 3 is 2.50 bits per heavy atom. The third-order valence-electron chi connectivity index (χ3n) is 3.32. The first-order valence-corrected chi connectivity index (χ1v) is 6.93. The van der Waals surface area contributed by atoms with Crippen molar-refractivity contribution >= 4 is 0 Å². The van der Waals surface area contributed by atoms with Crippen LogP contribution in [0.25, 0.3) is 0 Å². The number of likely N-dealkylation sites (tertiary alicyclic amines) is 1. The molecule has 0 N–H and O–H groups in total. The van der Waals surface area contributed by atoms with Crippen molar-refractivity contribution in [3.05, 3.63) is 0 Å². The van der Waals surface area contributed by atoms with Gasteiger partial charge in [-0.1, -0.05) is 20.8 Å². The lowest BCUT2D eigenvalue weighted by Crippen LogP contribution is -2.34. The molecule has 0 aliphatic carbocycles. The predicted molar refractivity (Wildman–Crippen MR) is 71.3 cm³/mol. The zero-order valence-corrected chi connectivity index (χ0v) is 11.3. The Kier molecular flexibility index (Phi) is 6.57. The number of hydrogen-bond acceptors (Lipinski definition) is 1. The summed E-state index contributed by atoms with van der Waals surface area (Å²) in [5, 5.41) is 0. The van der Waals surface area contributed by atoms with Crippen LogP contribution in [-0.4, -0.2) is 24.5 Å². The van der Waals surface area contributed by atoms with E-state index in [1.165, 1.54) is 45.3 Å². The second-order valence-electron chi connectivity index (χ2n) is 5.30. The van der Waals surface area contributed by atoms with Crippen LogP contribution in [-0.2, 0) is 0 Å². The smallest absolute Gasteiger partial charge is 0.0146 e. The Morgan fingerprint density at radius 1 is 1.25 bits per heavy atom. The summed E-state index contributed by atoms with van der Waals surface area (Å²) in [6.45, 7) is 10.5. The van der Waals surface area contributed by atoms with Gasteiger partial charge in [-0.15, -0.1) is 11.8 Å². The van der Waals surface area contributed by atoms with Gasteiger partial charge in [-0.25, -0.2) is 0 Å². The highest BCUT2D eigenvalue weighted by atomic mass is 15.1. The average molecular weight is 221 g/mol. The topological polar surface area (TPSA) is 3.24 Å². The van der Waals surface area contributed by atoms with Crippen molar-refractivity contribution in [2.45, 2.75) is 52.9 Å². The first kappa shape index (κ1) is 13.6. The van der Waals surface area contributed by atoms with Crippen LogP contribution in [0.2, 0.25) is 0 Å². The highest BCUT2D eigenvalue weighted by Gasteiger charge is 2.17. The van der Waals surface area contributed by atoms with Crippen LogP contribution < -0.4 is 0 Å². The molecule has 1 rings (SSSR count). The van der Waals surface area contributed by atoms with Gasteiger partial charge in [0.25, 0.3) is 0 Å². The lowest BCUT2D eigenvalue weighted by Gasteiger charge is -2.31. The minimum Gasteiger partial charge on any atom is -0.303 e. The van der Waals surface area contributed by atoms with Gasteiger partial charge in [0.1, 0.15) is 0 Å². The molecule has 1 saturated heterocycles. The van der Waals surface area contributed by atoms with E-state index in [-0.39, 0.29) is 0 Å². The summed E-state index contributed by atoms with van der Waals surface area (Å²) >= 11 is 0. The largest absolute Gasteiger partial charge is 0.303 e. The van der Waals surface area contributed by atoms with Gasteiger partial charge in [-0.3, -0.25) is 0 Å². The molecule has 0 bridgehead atoms. The van der Waals surface area contributed by atoms with E-state index < -0.39 is 0 Å². The molecule has 0 aromatic heterocycles. The number of rotatable bonds is 4. The van der Waals surface area contributed by atoms with Crippen molar-refractivity contribution < 1.29 is 0 Å². The van der Waals surface area contributed by atoms with Crippen molar-refractivity contribution in [1.29, 1.82) is 0 Å². The molecular weight excluding hydrogens is 194 g/mol. The summed E-state index contributed by atoms with van der Waals surface area (Å²) in [6.07, 6.45) is 6.51. The minimum atomic E-state index is 0.534. The maximum atomic E-state index is 3.30. The van der Waals surface area contributed by atoms with Crippen LogP contribution in [0.15, 0.2) is 0 Å². The molecule has 0 radical (unpaired) electrons. The van der Waals surface area contributed by atoms with Gasteiger partial charge < -0.3 is 4.90 Å². The van der Waals surface area contributed by atoms with Crippen LogP contribution in [0.3, 0.4) is 0 Å². The van der Waals surface area contributed by atoms with Crippen LogP contribution in [0.4, 0.5) is 0 Å². The van der Waals surface area contributed by atoms with E-state index in [1.807, 2.05) is 0 Å². The summed E-state index contributed by atoms with van der Waals surface area (Å²) in [4.78, 5) is 2.61. The third-order valence-corrected chi connectivity index (χ3v) is 3.32. The Labute approximate surface area is 102 Å². The van der Waals surface area contributed by atoms with E-state index in [9.17, 15) is 0 Å². The molecule has 0 aromatic rings. The molecular formula is C15H27N. The molecule has 0 spiro atoms. The van der Waals surface area contributed by atoms with E-state index in [2.05, 4.69) is 37.5 Å². The molecule has 16 heavy (non-hydrogen) atoms. The molecule has 1 aliphatic heterocycles. The lowest BCUT2D eigenvalue weighted by molar-refractivity contribution is 0.180. The third kappa shape index (κ3) is 5.56. The van der Waals surface area contributed by atoms with Crippen molar-refractivity contribution in [3.63, 3.8) is 0 Å². The average Bonchev–Trinajstić information content (AvgIpc) is 2.27. The van der Waals surface area contributed by atoms with E-state index in [1.54, 1.807) is 0 Å². The Balaban J connectivity index is 2.11. The molecule has 0 aromatic carbocycles. The fourth-order valence-electron chi connectivity index (χ4n) is 2.37. The van der Waals surface area contributed by atoms with Crippen LogP contribution >= 0.6 is 0 Å². The molecule has 92 valence electrons. The summed E-state index contributed by atoms with van der Waals surface area (Å²) in [6, 6.07) is 0. The van der Waals surface area contributed by atoms with E-state index in [0.29, 0.717) is 5.92 Å². The van der Waals surface area contributed by atoms with Crippen molar-refractivity contribution in [1.82, 2.24) is 4.90 Å². The van der Waals surface area contributed by atoms with Gasteiger partial charge in [0.2, 0.25) is 0 Å². The summed E-state index contributed by atoms with van der Waals surface area (Å²) < 4.78 is 0. The molecule has 0 atom stereocenters. The molecule has 1 aliphatic rings. The van der Waals surface area contributed by atoms with Gasteiger partial charge in [0.15, 0.2) is 0 Å². The summed E-state index contributed by atoms with van der Waals surface area (Å²) in [7, 11) is 0. The zero-order chi connectivity index (χ0) is 11.8. The van der Waals surface area contributed by atoms with Gasteiger partial charge in [0.05, 0.1) is 0 Å². The van der Waals surface area contributed by atoms with E-state index >= 15 is 0 Å². The zero-order valence-electron chi connectivity index (χ0n) is 11.3. The lowest BCUT2D eigenvalue weighted by atomic mass is 9.92. The second-order valence-corrected chi connectivity index (χ2v) is 5.30. The maximum absolute atomic E-state index is 3.30. The van der Waals surface area contributed by atoms with Gasteiger partial charge in [-0.05, 0) is 51.2 Å². The quantitative estimate of drug-likeness (QED) is 0.656. The van der Waals surface area contributed by atoms with E-state index in [4.69, 9.17) is 0 Å². The maximum Gasteiger partial charge on any atom is 0.0146 e. The summed E-state index contributed by atoms with van der Waals surface area (Å²) in [5.74, 6) is 8.03. The normalized spacial score (nSPS) is 18.5. The van der Waals surface area contributed by atoms with Crippen molar-refractivity contribution in [2.75, 3.05) is 19.6 Å². The van der Waals surface area contributed by atoms with Gasteiger partial charge in [0, 0.05) is 12.3 Å². The fraction of sp³-hybridized carbons (Fsp3) is 0.867. The molecule has 0 saturated carbocycles. The van der Waals surface area contributed by atoms with Gasteiger partial charge >= 0.3 is 0 Å². The summed E-state index contributed by atoms with van der Waals surface area (Å²) in [5.41, 5.74) is 0. The monoisotopic (exact) mass is 221 g/mol. The van der Waals surface area contributed by atoms with Gasteiger partial charge in [-0.2, -0.15) is 0 Å². The fourth-order valence-corrected chi connectivity index (χ4v) is 2.37. The highest BCUT2D eigenvalue weighted by Crippen LogP contribution is 2.21. The van der Waals surface area contributed by atoms with Crippen LogP contribution in [0, 0.1) is 23.7 Å². The molecule has 1 heteroatoms. The Hall–Kier alpha value is -0.480. The van der Waals surface area contributed by atoms with Crippen molar-refractivity contribution in [3.8, 4) is 11.8 Å². The number of nitrogens with zero attached hydrogens (tertiary/aromatic N) is 1. The first-order chi connectivity index (χ1) is 7.72. The molecule has 0 unspecified atom stereocenters.